The molecular weight excluding hydrogens is 348 g/mol. The van der Waals surface area contributed by atoms with Crippen molar-refractivity contribution in [3.8, 4) is 0 Å². The fourth-order valence-electron chi connectivity index (χ4n) is 3.90. The smallest absolute Gasteiger partial charge is 0.102 e. The van der Waals surface area contributed by atoms with Gasteiger partial charge in [0.1, 0.15) is 26.2 Å². The van der Waals surface area contributed by atoms with Gasteiger partial charge in [-0.15, -0.1) is 28.2 Å². The molecule has 0 aromatic rings. The van der Waals surface area contributed by atoms with Crippen LogP contribution in [0, 0.1) is 28.2 Å². The molecule has 2 aliphatic rings. The number of quaternary nitrogens is 4. The van der Waals surface area contributed by atoms with E-state index in [9.17, 15) is 0 Å². The summed E-state index contributed by atoms with van der Waals surface area (Å²) in [6, 6.07) is 0. The first-order valence-corrected chi connectivity index (χ1v) is 11.0. The van der Waals surface area contributed by atoms with Gasteiger partial charge in [-0.1, -0.05) is 0 Å². The zero-order valence-electron chi connectivity index (χ0n) is 19.4. The lowest BCUT2D eigenvalue weighted by atomic mass is 10.3. The van der Waals surface area contributed by atoms with Crippen molar-refractivity contribution in [2.45, 2.75) is 0 Å². The topological polar surface area (TPSA) is 6.48 Å². The minimum absolute atomic E-state index is 0.845. The predicted molar refractivity (Wildman–Crippen MR) is 118 cm³/mol. The maximum absolute atomic E-state index is 4.43. The van der Waals surface area contributed by atoms with Crippen LogP contribution in [0.15, 0.2) is 0 Å². The van der Waals surface area contributed by atoms with Gasteiger partial charge in [0, 0.05) is 67.5 Å². The first kappa shape index (κ1) is 24.0. The third kappa shape index (κ3) is 8.64. The molecule has 2 saturated heterocycles. The highest BCUT2D eigenvalue weighted by atomic mass is 15.4. The van der Waals surface area contributed by atoms with Gasteiger partial charge in [0.15, 0.2) is 0 Å². The Morgan fingerprint density at radius 3 is 0.893 bits per heavy atom. The molecule has 0 saturated carbocycles. The molecule has 2 heterocycles. The van der Waals surface area contributed by atoms with Crippen molar-refractivity contribution in [1.82, 2.24) is 9.80 Å². The van der Waals surface area contributed by atoms with Gasteiger partial charge in [-0.25, -0.2) is 0 Å². The molecule has 2 rings (SSSR count). The van der Waals surface area contributed by atoms with Crippen LogP contribution >= 0.6 is 0 Å². The molecule has 166 valence electrons. The summed E-state index contributed by atoms with van der Waals surface area (Å²) in [6.45, 7) is 15.6. The SMILES string of the molecule is [CH2-][N+]1(C)CCN(CCN2CC[N+]([CH2-])(C)CC[N+]([CH2-])(C)CC2)CC[N+]([CH2-])(C)CC1. The predicted octanol–water partition coefficient (Wildman–Crippen LogP) is 0.570. The van der Waals surface area contributed by atoms with E-state index in [1.54, 1.807) is 0 Å². The normalized spacial score (nSPS) is 43.3. The zero-order valence-corrected chi connectivity index (χ0v) is 19.4. The second-order valence-electron chi connectivity index (χ2n) is 11.0. The fourth-order valence-corrected chi connectivity index (χ4v) is 3.90. The van der Waals surface area contributed by atoms with E-state index in [-0.39, 0.29) is 0 Å². The summed E-state index contributed by atoms with van der Waals surface area (Å²) < 4.78 is 3.38. The highest BCUT2D eigenvalue weighted by Crippen LogP contribution is 2.12. The van der Waals surface area contributed by atoms with E-state index in [0.29, 0.717) is 0 Å². The number of hydrogen-bond donors (Lipinski definition) is 0. The number of nitrogens with zero attached hydrogens (tertiary/aromatic N) is 6. The van der Waals surface area contributed by atoms with Crippen LogP contribution in [-0.4, -0.2) is 148 Å². The number of likely N-dealkylation sites (N-methyl/N-ethyl adjacent to an activating group) is 4. The molecule has 0 spiro atoms. The van der Waals surface area contributed by atoms with Crippen LogP contribution in [-0.2, 0) is 0 Å². The summed E-state index contributed by atoms with van der Waals surface area (Å²) in [7, 11) is 26.8. The van der Waals surface area contributed by atoms with Crippen LogP contribution in [0.4, 0.5) is 0 Å². The monoisotopic (exact) mass is 396 g/mol. The minimum Gasteiger partial charge on any atom is -0.454 e. The summed E-state index contributed by atoms with van der Waals surface area (Å²) in [5.74, 6) is 0. The van der Waals surface area contributed by atoms with Crippen molar-refractivity contribution in [3.05, 3.63) is 28.2 Å². The Morgan fingerprint density at radius 2 is 0.679 bits per heavy atom. The molecule has 4 atom stereocenters. The summed E-state index contributed by atoms with van der Waals surface area (Å²) in [4.78, 5) is 5.27. The van der Waals surface area contributed by atoms with Crippen LogP contribution in [0.25, 0.3) is 0 Å². The summed E-state index contributed by atoms with van der Waals surface area (Å²) in [6.07, 6.45) is 0. The van der Waals surface area contributed by atoms with Gasteiger partial charge in [-0.2, -0.15) is 0 Å². The van der Waals surface area contributed by atoms with Gasteiger partial charge in [0.2, 0.25) is 0 Å². The van der Waals surface area contributed by atoms with Gasteiger partial charge >= 0.3 is 0 Å². The highest BCUT2D eigenvalue weighted by molar-refractivity contribution is 4.67. The Bertz CT molecular complexity index is 401. The molecule has 4 unspecified atom stereocenters. The molecule has 0 bridgehead atoms. The van der Waals surface area contributed by atoms with Crippen molar-refractivity contribution in [3.63, 3.8) is 0 Å². The molecule has 0 amide bonds. The van der Waals surface area contributed by atoms with Gasteiger partial charge in [-0.05, 0) is 0 Å². The lowest BCUT2D eigenvalue weighted by molar-refractivity contribution is -0.919. The standard InChI is InChI=1S/C22H48N6/c1-25(2)15-11-23(12-16-26(3,4)20-19-25)9-10-24-13-17-27(5,6)21-22-28(7,8)18-14-24/h1,3,5,7,9-22H2,2,4,6,8H3. The zero-order chi connectivity index (χ0) is 21.1. The van der Waals surface area contributed by atoms with E-state index >= 15 is 0 Å². The summed E-state index contributed by atoms with van der Waals surface area (Å²) in [5.41, 5.74) is 0. The van der Waals surface area contributed by atoms with Crippen molar-refractivity contribution in [2.24, 2.45) is 0 Å². The second-order valence-corrected chi connectivity index (χ2v) is 11.0. The summed E-state index contributed by atoms with van der Waals surface area (Å²) in [5, 5.41) is 0. The van der Waals surface area contributed by atoms with Gasteiger partial charge < -0.3 is 17.9 Å². The van der Waals surface area contributed by atoms with Crippen molar-refractivity contribution in [1.29, 1.82) is 0 Å². The lowest BCUT2D eigenvalue weighted by Gasteiger charge is -2.43. The second kappa shape index (κ2) is 9.27. The maximum Gasteiger partial charge on any atom is 0.102 e. The Kier molecular flexibility index (Phi) is 7.96. The van der Waals surface area contributed by atoms with Crippen LogP contribution in [0.2, 0.25) is 0 Å². The van der Waals surface area contributed by atoms with Crippen molar-refractivity contribution >= 4 is 0 Å². The quantitative estimate of drug-likeness (QED) is 0.508. The maximum atomic E-state index is 4.43. The molecule has 0 aromatic heterocycles. The van der Waals surface area contributed by atoms with E-state index in [1.807, 2.05) is 0 Å². The average Bonchev–Trinajstić information content (AvgIpc) is 2.66. The molecule has 6 nitrogen and oxygen atoms in total. The third-order valence-electron chi connectivity index (χ3n) is 6.92. The fraction of sp³-hybridized carbons (Fsp3) is 0.818. The Balaban J connectivity index is 1.95. The Labute approximate surface area is 176 Å². The molecule has 0 aromatic carbocycles. The van der Waals surface area contributed by atoms with E-state index in [4.69, 9.17) is 0 Å². The lowest BCUT2D eigenvalue weighted by Crippen LogP contribution is -2.49. The average molecular weight is 397 g/mol. The van der Waals surface area contributed by atoms with Gasteiger partial charge in [0.05, 0.1) is 26.2 Å². The molecule has 0 radical (unpaired) electrons. The van der Waals surface area contributed by atoms with Crippen LogP contribution in [0.1, 0.15) is 0 Å². The van der Waals surface area contributed by atoms with Gasteiger partial charge in [0.25, 0.3) is 0 Å². The molecule has 2 aliphatic heterocycles. The van der Waals surface area contributed by atoms with Crippen LogP contribution in [0.5, 0.6) is 0 Å². The molecular formula is C22H48N6. The Morgan fingerprint density at radius 1 is 0.464 bits per heavy atom. The number of hydrogen-bond acceptors (Lipinski definition) is 2. The van der Waals surface area contributed by atoms with Crippen molar-refractivity contribution < 1.29 is 17.9 Å². The van der Waals surface area contributed by atoms with E-state index < -0.39 is 0 Å². The van der Waals surface area contributed by atoms with Crippen molar-refractivity contribution in [2.75, 3.05) is 120 Å². The first-order valence-electron chi connectivity index (χ1n) is 11.0. The third-order valence-corrected chi connectivity index (χ3v) is 6.92. The summed E-state index contributed by atoms with van der Waals surface area (Å²) >= 11 is 0. The molecule has 6 heteroatoms. The molecule has 0 aliphatic carbocycles. The molecule has 0 N–H and O–H groups in total. The van der Waals surface area contributed by atoms with Crippen LogP contribution in [0.3, 0.4) is 0 Å². The van der Waals surface area contributed by atoms with Gasteiger partial charge in [-0.3, -0.25) is 9.80 Å². The van der Waals surface area contributed by atoms with E-state index in [0.717, 1.165) is 110 Å². The highest BCUT2D eigenvalue weighted by Gasteiger charge is 2.24. The first-order chi connectivity index (χ1) is 12.8. The largest absolute Gasteiger partial charge is 0.454 e. The van der Waals surface area contributed by atoms with Crippen LogP contribution < -0.4 is 0 Å². The number of rotatable bonds is 3. The van der Waals surface area contributed by atoms with E-state index in [1.165, 1.54) is 0 Å². The molecule has 28 heavy (non-hydrogen) atoms. The Hall–Kier alpha value is -0.240. The van der Waals surface area contributed by atoms with E-state index in [2.05, 4.69) is 66.2 Å². The minimum atomic E-state index is 0.845. The molecule has 2 fully saturated rings.